The van der Waals surface area contributed by atoms with Crippen molar-refractivity contribution in [2.75, 3.05) is 5.32 Å². The minimum Gasteiger partial charge on any atom is -0.318 e. The van der Waals surface area contributed by atoms with E-state index in [9.17, 15) is 4.79 Å². The highest BCUT2D eigenvalue weighted by Gasteiger charge is 2.17. The topological polar surface area (TPSA) is 94.9 Å². The Bertz CT molecular complexity index is 1460. The number of rotatable bonds is 6. The molecule has 0 aliphatic carbocycles. The second-order valence-electron chi connectivity index (χ2n) is 7.90. The third-order valence-corrected chi connectivity index (χ3v) is 5.75. The molecule has 0 unspecified atom stereocenters. The highest BCUT2D eigenvalue weighted by molar-refractivity contribution is 6.03. The first-order valence-electron chi connectivity index (χ1n) is 10.8. The van der Waals surface area contributed by atoms with Gasteiger partial charge in [0, 0.05) is 36.3 Å². The maximum atomic E-state index is 12.9. The number of fused-ring (bicyclic) bond motifs is 1. The number of aromatic nitrogens is 7. The SMILES string of the molecule is CCn1ncc(-c2ccnc3cc(C(=O)Nc4cnn(Cc5ccccc5C)c4)nn23)c1C. The number of nitrogens with one attached hydrogen (secondary N) is 1. The maximum Gasteiger partial charge on any atom is 0.276 e. The Kier molecular flexibility index (Phi) is 5.21. The van der Waals surface area contributed by atoms with Crippen molar-refractivity contribution in [1.29, 1.82) is 0 Å². The average Bonchev–Trinajstić information content (AvgIpc) is 3.53. The predicted molar refractivity (Wildman–Crippen MR) is 125 cm³/mol. The van der Waals surface area contributed by atoms with Crippen molar-refractivity contribution in [2.24, 2.45) is 0 Å². The van der Waals surface area contributed by atoms with Gasteiger partial charge in [-0.3, -0.25) is 14.2 Å². The van der Waals surface area contributed by atoms with Gasteiger partial charge in [-0.2, -0.15) is 15.3 Å². The summed E-state index contributed by atoms with van der Waals surface area (Å²) in [5.74, 6) is -0.317. The van der Waals surface area contributed by atoms with E-state index >= 15 is 0 Å². The molecule has 0 bridgehead atoms. The lowest BCUT2D eigenvalue weighted by atomic mass is 10.1. The van der Waals surface area contributed by atoms with Crippen molar-refractivity contribution in [3.63, 3.8) is 0 Å². The van der Waals surface area contributed by atoms with Crippen LogP contribution < -0.4 is 5.32 Å². The number of carbonyl (C=O) groups is 1. The summed E-state index contributed by atoms with van der Waals surface area (Å²) in [4.78, 5) is 17.3. The fourth-order valence-electron chi connectivity index (χ4n) is 3.90. The monoisotopic (exact) mass is 440 g/mol. The molecule has 0 atom stereocenters. The number of nitrogens with zero attached hydrogens (tertiary/aromatic N) is 7. The summed E-state index contributed by atoms with van der Waals surface area (Å²) >= 11 is 0. The van der Waals surface area contributed by atoms with E-state index in [4.69, 9.17) is 0 Å². The number of hydrogen-bond donors (Lipinski definition) is 1. The fraction of sp³-hybridized carbons (Fsp3) is 0.208. The Morgan fingerprint density at radius 1 is 1.09 bits per heavy atom. The molecule has 9 heteroatoms. The van der Waals surface area contributed by atoms with Crippen molar-refractivity contribution < 1.29 is 4.79 Å². The van der Waals surface area contributed by atoms with Crippen LogP contribution in [0.25, 0.3) is 16.9 Å². The van der Waals surface area contributed by atoms with Gasteiger partial charge in [-0.25, -0.2) is 9.50 Å². The number of anilines is 1. The van der Waals surface area contributed by atoms with E-state index in [2.05, 4.69) is 44.7 Å². The highest BCUT2D eigenvalue weighted by Crippen LogP contribution is 2.24. The lowest BCUT2D eigenvalue weighted by Crippen LogP contribution is -2.12. The molecule has 4 heterocycles. The van der Waals surface area contributed by atoms with E-state index < -0.39 is 0 Å². The molecular formula is C24H24N8O. The van der Waals surface area contributed by atoms with Crippen molar-refractivity contribution in [2.45, 2.75) is 33.9 Å². The van der Waals surface area contributed by atoms with Crippen LogP contribution in [0.5, 0.6) is 0 Å². The first kappa shape index (κ1) is 20.6. The van der Waals surface area contributed by atoms with E-state index in [0.717, 1.165) is 23.5 Å². The van der Waals surface area contributed by atoms with E-state index in [1.54, 1.807) is 27.7 Å². The summed E-state index contributed by atoms with van der Waals surface area (Å²) in [6.45, 7) is 7.55. The van der Waals surface area contributed by atoms with E-state index in [1.807, 2.05) is 49.1 Å². The number of amides is 1. The Labute approximate surface area is 190 Å². The first-order valence-corrected chi connectivity index (χ1v) is 10.8. The number of aryl methyl sites for hydroxylation is 2. The molecule has 1 N–H and O–H groups in total. The second-order valence-corrected chi connectivity index (χ2v) is 7.90. The first-order chi connectivity index (χ1) is 16.0. The Morgan fingerprint density at radius 2 is 1.94 bits per heavy atom. The normalized spacial score (nSPS) is 11.2. The largest absolute Gasteiger partial charge is 0.318 e. The molecule has 0 spiro atoms. The quantitative estimate of drug-likeness (QED) is 0.434. The molecule has 1 amide bonds. The third kappa shape index (κ3) is 3.89. The Morgan fingerprint density at radius 3 is 2.73 bits per heavy atom. The van der Waals surface area contributed by atoms with Crippen LogP contribution in [0.1, 0.15) is 34.2 Å². The van der Waals surface area contributed by atoms with Crippen LogP contribution in [-0.4, -0.2) is 40.1 Å². The van der Waals surface area contributed by atoms with Crippen LogP contribution in [0.15, 0.2) is 61.2 Å². The summed E-state index contributed by atoms with van der Waals surface area (Å²) in [5, 5.41) is 16.2. The molecule has 5 aromatic rings. The molecular weight excluding hydrogens is 416 g/mol. The number of hydrogen-bond acceptors (Lipinski definition) is 5. The molecule has 166 valence electrons. The third-order valence-electron chi connectivity index (χ3n) is 5.75. The molecule has 0 saturated heterocycles. The highest BCUT2D eigenvalue weighted by atomic mass is 16.2. The van der Waals surface area contributed by atoms with Gasteiger partial charge >= 0.3 is 0 Å². The minimum absolute atomic E-state index is 0.280. The average molecular weight is 441 g/mol. The van der Waals surface area contributed by atoms with Gasteiger partial charge in [-0.15, -0.1) is 0 Å². The molecule has 4 aromatic heterocycles. The second kappa shape index (κ2) is 8.34. The van der Waals surface area contributed by atoms with Crippen LogP contribution >= 0.6 is 0 Å². The molecule has 0 aliphatic rings. The van der Waals surface area contributed by atoms with E-state index in [1.165, 1.54) is 11.1 Å². The molecule has 0 fully saturated rings. The fourth-order valence-corrected chi connectivity index (χ4v) is 3.90. The zero-order valence-electron chi connectivity index (χ0n) is 18.7. The lowest BCUT2D eigenvalue weighted by Gasteiger charge is -2.05. The van der Waals surface area contributed by atoms with Crippen LogP contribution in [-0.2, 0) is 13.1 Å². The van der Waals surface area contributed by atoms with Gasteiger partial charge in [0.2, 0.25) is 0 Å². The van der Waals surface area contributed by atoms with E-state index in [-0.39, 0.29) is 11.6 Å². The summed E-state index contributed by atoms with van der Waals surface area (Å²) in [5.41, 5.74) is 6.69. The molecule has 33 heavy (non-hydrogen) atoms. The van der Waals surface area contributed by atoms with Crippen molar-refractivity contribution >= 4 is 17.2 Å². The number of benzene rings is 1. The molecule has 0 radical (unpaired) electrons. The molecule has 5 rings (SSSR count). The van der Waals surface area contributed by atoms with Gasteiger partial charge < -0.3 is 5.32 Å². The van der Waals surface area contributed by atoms with Crippen molar-refractivity contribution in [3.05, 3.63) is 83.7 Å². The molecule has 0 aliphatic heterocycles. The van der Waals surface area contributed by atoms with Crippen molar-refractivity contribution in [1.82, 2.24) is 34.2 Å². The zero-order chi connectivity index (χ0) is 22.9. The van der Waals surface area contributed by atoms with Crippen LogP contribution in [0, 0.1) is 13.8 Å². The molecule has 1 aromatic carbocycles. The summed E-state index contributed by atoms with van der Waals surface area (Å²) in [6.07, 6.45) is 6.98. The van der Waals surface area contributed by atoms with Gasteiger partial charge in [0.05, 0.1) is 30.3 Å². The molecule has 0 saturated carbocycles. The van der Waals surface area contributed by atoms with Crippen LogP contribution in [0.2, 0.25) is 0 Å². The van der Waals surface area contributed by atoms with Crippen LogP contribution in [0.3, 0.4) is 0 Å². The molecule has 9 nitrogen and oxygen atoms in total. The zero-order valence-corrected chi connectivity index (χ0v) is 18.7. The standard InChI is InChI=1S/C24H24N8O/c1-4-31-17(3)20(13-27-31)22-9-10-25-23-11-21(29-32(22)23)24(33)28-19-12-26-30(15-19)14-18-8-6-5-7-16(18)2/h5-13,15H,4,14H2,1-3H3,(H,28,33). The van der Waals surface area contributed by atoms with Gasteiger partial charge in [0.1, 0.15) is 0 Å². The summed E-state index contributed by atoms with van der Waals surface area (Å²) < 4.78 is 5.41. The Balaban J connectivity index is 1.38. The summed E-state index contributed by atoms with van der Waals surface area (Å²) in [7, 11) is 0. The lowest BCUT2D eigenvalue weighted by molar-refractivity contribution is 0.102. The van der Waals surface area contributed by atoms with Gasteiger partial charge in [0.25, 0.3) is 5.91 Å². The van der Waals surface area contributed by atoms with Gasteiger partial charge in [-0.05, 0) is 38.0 Å². The van der Waals surface area contributed by atoms with Crippen LogP contribution in [0.4, 0.5) is 5.69 Å². The smallest absolute Gasteiger partial charge is 0.276 e. The summed E-state index contributed by atoms with van der Waals surface area (Å²) in [6, 6.07) is 11.7. The van der Waals surface area contributed by atoms with Crippen molar-refractivity contribution in [3.8, 4) is 11.3 Å². The Hall–Kier alpha value is -4.27. The predicted octanol–water partition coefficient (Wildman–Crippen LogP) is 3.73. The van der Waals surface area contributed by atoms with E-state index in [0.29, 0.717) is 17.9 Å². The minimum atomic E-state index is -0.317. The van der Waals surface area contributed by atoms with Gasteiger partial charge in [0.15, 0.2) is 11.3 Å². The van der Waals surface area contributed by atoms with Gasteiger partial charge in [-0.1, -0.05) is 24.3 Å². The number of carbonyl (C=O) groups excluding carboxylic acids is 1. The maximum absolute atomic E-state index is 12.9.